The summed E-state index contributed by atoms with van der Waals surface area (Å²) in [5, 5.41) is 4.60. The molecular weight excluding hydrogens is 322 g/mol. The van der Waals surface area contributed by atoms with Crippen molar-refractivity contribution in [1.82, 2.24) is 5.32 Å². The summed E-state index contributed by atoms with van der Waals surface area (Å²) in [5.41, 5.74) is 1.09. The van der Waals surface area contributed by atoms with Crippen LogP contribution in [-0.4, -0.2) is 29.2 Å². The van der Waals surface area contributed by atoms with Crippen LogP contribution in [0.4, 0.5) is 0 Å². The van der Waals surface area contributed by atoms with Crippen LogP contribution in [-0.2, 0) is 10.5 Å². The average Bonchev–Trinajstić information content (AvgIpc) is 2.99. The zero-order valence-electron chi connectivity index (χ0n) is 12.1. The van der Waals surface area contributed by atoms with Gasteiger partial charge in [-0.3, -0.25) is 4.79 Å². The Labute approximate surface area is 140 Å². The van der Waals surface area contributed by atoms with E-state index >= 15 is 0 Å². The van der Waals surface area contributed by atoms with Crippen molar-refractivity contribution in [3.63, 3.8) is 0 Å². The van der Waals surface area contributed by atoms with Gasteiger partial charge in [-0.25, -0.2) is 0 Å². The molecule has 0 aliphatic heterocycles. The second-order valence-corrected chi connectivity index (χ2v) is 8.01. The van der Waals surface area contributed by atoms with Crippen LogP contribution < -0.4 is 5.32 Å². The predicted octanol–water partition coefficient (Wildman–Crippen LogP) is 4.37. The van der Waals surface area contributed by atoms with Crippen molar-refractivity contribution in [2.24, 2.45) is 0 Å². The van der Waals surface area contributed by atoms with Crippen molar-refractivity contribution in [3.8, 4) is 0 Å². The highest BCUT2D eigenvalue weighted by Gasteiger charge is 2.14. The van der Waals surface area contributed by atoms with Crippen LogP contribution in [0.2, 0.25) is 5.02 Å². The van der Waals surface area contributed by atoms with Crippen LogP contribution in [0.15, 0.2) is 24.3 Å². The van der Waals surface area contributed by atoms with Gasteiger partial charge in [-0.2, -0.15) is 11.8 Å². The van der Waals surface area contributed by atoms with Crippen molar-refractivity contribution < 1.29 is 4.79 Å². The van der Waals surface area contributed by atoms with E-state index in [1.807, 2.05) is 36.0 Å². The van der Waals surface area contributed by atoms with Gasteiger partial charge in [0.25, 0.3) is 0 Å². The van der Waals surface area contributed by atoms with E-state index < -0.39 is 0 Å². The van der Waals surface area contributed by atoms with Gasteiger partial charge in [0.15, 0.2) is 0 Å². The highest BCUT2D eigenvalue weighted by molar-refractivity contribution is 8.00. The molecule has 0 heterocycles. The standard InChI is InChI=1S/C16H22ClNOS2/c17-15-8-4-1-5-13(15)11-20-12-16(19)18-9-10-21-14-6-2-3-7-14/h1,4-5,8,14H,2-3,6-7,9-12H2,(H,18,19). The highest BCUT2D eigenvalue weighted by atomic mass is 35.5. The van der Waals surface area contributed by atoms with Crippen molar-refractivity contribution in [2.45, 2.75) is 36.7 Å². The average molecular weight is 344 g/mol. The molecule has 1 aliphatic carbocycles. The first-order valence-corrected chi connectivity index (χ1v) is 10.0. The van der Waals surface area contributed by atoms with Gasteiger partial charge < -0.3 is 5.32 Å². The van der Waals surface area contributed by atoms with E-state index in [9.17, 15) is 4.79 Å². The molecule has 5 heteroatoms. The van der Waals surface area contributed by atoms with Gasteiger partial charge in [0.1, 0.15) is 0 Å². The van der Waals surface area contributed by atoms with Crippen molar-refractivity contribution in [3.05, 3.63) is 34.9 Å². The SMILES string of the molecule is O=C(CSCc1ccccc1Cl)NCCSC1CCCC1. The maximum Gasteiger partial charge on any atom is 0.230 e. The number of rotatable bonds is 8. The van der Waals surface area contributed by atoms with Crippen LogP contribution in [0.3, 0.4) is 0 Å². The summed E-state index contributed by atoms with van der Waals surface area (Å²) < 4.78 is 0. The molecular formula is C16H22ClNOS2. The first-order chi connectivity index (χ1) is 10.3. The van der Waals surface area contributed by atoms with E-state index in [4.69, 9.17) is 11.6 Å². The molecule has 0 bridgehead atoms. The summed E-state index contributed by atoms with van der Waals surface area (Å²) in [6.45, 7) is 0.784. The van der Waals surface area contributed by atoms with Gasteiger partial charge in [-0.05, 0) is 24.5 Å². The third-order valence-corrected chi connectivity index (χ3v) is 6.26. The number of amides is 1. The van der Waals surface area contributed by atoms with Gasteiger partial charge in [0.05, 0.1) is 5.75 Å². The molecule has 21 heavy (non-hydrogen) atoms. The number of hydrogen-bond donors (Lipinski definition) is 1. The number of carbonyl (C=O) groups excluding carboxylic acids is 1. The first-order valence-electron chi connectivity index (χ1n) is 7.45. The molecule has 0 unspecified atom stereocenters. The summed E-state index contributed by atoms with van der Waals surface area (Å²) in [5.74, 6) is 2.44. The smallest absolute Gasteiger partial charge is 0.230 e. The molecule has 1 aromatic rings. The Morgan fingerprint density at radius 3 is 2.81 bits per heavy atom. The molecule has 0 spiro atoms. The second-order valence-electron chi connectivity index (χ2n) is 5.21. The summed E-state index contributed by atoms with van der Waals surface area (Å²) >= 11 is 9.71. The third kappa shape index (κ3) is 6.54. The van der Waals surface area contributed by atoms with Crippen LogP contribution in [0.1, 0.15) is 31.2 Å². The molecule has 1 N–H and O–H groups in total. The van der Waals surface area contributed by atoms with Gasteiger partial charge in [0.2, 0.25) is 5.91 Å². The zero-order valence-corrected chi connectivity index (χ0v) is 14.5. The van der Waals surface area contributed by atoms with Crippen molar-refractivity contribution >= 4 is 41.0 Å². The maximum absolute atomic E-state index is 11.7. The Kier molecular flexibility index (Phi) is 7.83. The lowest BCUT2D eigenvalue weighted by Crippen LogP contribution is -2.27. The Balaban J connectivity index is 1.52. The fourth-order valence-electron chi connectivity index (χ4n) is 2.39. The lowest BCUT2D eigenvalue weighted by Gasteiger charge is -2.09. The first kappa shape index (κ1) is 17.0. The molecule has 0 saturated heterocycles. The van der Waals surface area contributed by atoms with Crippen LogP contribution in [0.5, 0.6) is 0 Å². The molecule has 2 nitrogen and oxygen atoms in total. The fourth-order valence-corrected chi connectivity index (χ4v) is 4.75. The van der Waals surface area contributed by atoms with Crippen molar-refractivity contribution in [1.29, 1.82) is 0 Å². The molecule has 2 rings (SSSR count). The fraction of sp³-hybridized carbons (Fsp3) is 0.562. The summed E-state index contributed by atoms with van der Waals surface area (Å²) in [7, 11) is 0. The normalized spacial score (nSPS) is 15.3. The minimum absolute atomic E-state index is 0.124. The molecule has 1 aliphatic rings. The van der Waals surface area contributed by atoms with E-state index in [0.29, 0.717) is 5.75 Å². The molecule has 1 saturated carbocycles. The minimum atomic E-state index is 0.124. The van der Waals surface area contributed by atoms with Gasteiger partial charge in [-0.1, -0.05) is 42.6 Å². The minimum Gasteiger partial charge on any atom is -0.355 e. The van der Waals surface area contributed by atoms with E-state index in [2.05, 4.69) is 5.32 Å². The predicted molar refractivity (Wildman–Crippen MR) is 95.3 cm³/mol. The molecule has 116 valence electrons. The number of thioether (sulfide) groups is 2. The van der Waals surface area contributed by atoms with E-state index in [1.165, 1.54) is 25.7 Å². The van der Waals surface area contributed by atoms with E-state index in [1.54, 1.807) is 11.8 Å². The monoisotopic (exact) mass is 343 g/mol. The third-order valence-electron chi connectivity index (χ3n) is 3.53. The Morgan fingerprint density at radius 1 is 1.29 bits per heavy atom. The zero-order chi connectivity index (χ0) is 14.9. The highest BCUT2D eigenvalue weighted by Crippen LogP contribution is 2.28. The van der Waals surface area contributed by atoms with E-state index in [0.717, 1.165) is 33.9 Å². The number of nitrogens with one attached hydrogen (secondary N) is 1. The summed E-state index contributed by atoms with van der Waals surface area (Å²) in [6.07, 6.45) is 5.46. The van der Waals surface area contributed by atoms with Gasteiger partial charge in [-0.15, -0.1) is 11.8 Å². The summed E-state index contributed by atoms with van der Waals surface area (Å²) in [6, 6.07) is 7.79. The second kappa shape index (κ2) is 9.65. The lowest BCUT2D eigenvalue weighted by molar-refractivity contribution is -0.118. The lowest BCUT2D eigenvalue weighted by atomic mass is 10.2. The van der Waals surface area contributed by atoms with Gasteiger partial charge in [0, 0.05) is 28.3 Å². The Hall–Kier alpha value is -0.320. The number of carbonyl (C=O) groups is 1. The molecule has 0 aromatic heterocycles. The Bertz CT molecular complexity index is 450. The van der Waals surface area contributed by atoms with Gasteiger partial charge >= 0.3 is 0 Å². The Morgan fingerprint density at radius 2 is 2.05 bits per heavy atom. The number of hydrogen-bond acceptors (Lipinski definition) is 3. The van der Waals surface area contributed by atoms with Crippen molar-refractivity contribution in [2.75, 3.05) is 18.1 Å². The van der Waals surface area contributed by atoms with Crippen LogP contribution >= 0.6 is 35.1 Å². The molecule has 1 fully saturated rings. The largest absolute Gasteiger partial charge is 0.355 e. The molecule has 1 aromatic carbocycles. The number of benzene rings is 1. The molecule has 0 radical (unpaired) electrons. The van der Waals surface area contributed by atoms with E-state index in [-0.39, 0.29) is 5.91 Å². The van der Waals surface area contributed by atoms with Crippen LogP contribution in [0, 0.1) is 0 Å². The maximum atomic E-state index is 11.7. The summed E-state index contributed by atoms with van der Waals surface area (Å²) in [4.78, 5) is 11.7. The molecule has 0 atom stereocenters. The van der Waals surface area contributed by atoms with Crippen LogP contribution in [0.25, 0.3) is 0 Å². The quantitative estimate of drug-likeness (QED) is 0.711. The number of halogens is 1. The molecule has 1 amide bonds. The topological polar surface area (TPSA) is 29.1 Å².